The highest BCUT2D eigenvalue weighted by Crippen LogP contribution is 2.19. The van der Waals surface area contributed by atoms with Crippen LogP contribution in [0.3, 0.4) is 0 Å². The van der Waals surface area contributed by atoms with Crippen molar-refractivity contribution in [3.8, 4) is 0 Å². The third-order valence-corrected chi connectivity index (χ3v) is 8.25. The van der Waals surface area contributed by atoms with E-state index in [1.807, 2.05) is 67.6 Å². The summed E-state index contributed by atoms with van der Waals surface area (Å²) in [7, 11) is 0. The van der Waals surface area contributed by atoms with Gasteiger partial charge in [0.05, 0.1) is 13.1 Å². The van der Waals surface area contributed by atoms with Gasteiger partial charge in [0.2, 0.25) is 10.6 Å². The number of aromatic amines is 1. The lowest BCUT2D eigenvalue weighted by molar-refractivity contribution is 0.277. The van der Waals surface area contributed by atoms with E-state index in [1.165, 1.54) is 8.99 Å². The number of halogens is 3. The van der Waals surface area contributed by atoms with Crippen LogP contribution >= 0.6 is 45.8 Å². The Bertz CT molecular complexity index is 2300. The van der Waals surface area contributed by atoms with E-state index in [4.69, 9.17) is 33.4 Å². The Morgan fingerprint density at radius 3 is 1.67 bits per heavy atom. The van der Waals surface area contributed by atoms with E-state index in [9.17, 15) is 19.2 Å². The van der Waals surface area contributed by atoms with Gasteiger partial charge in [0.15, 0.2) is 22.3 Å². The monoisotopic (exact) mass is 852 g/mol. The molecule has 0 aliphatic carbocycles. The molecule has 4 heterocycles. The lowest BCUT2D eigenvalue weighted by atomic mass is 10.2. The molecule has 0 spiro atoms. The van der Waals surface area contributed by atoms with Crippen LogP contribution in [-0.2, 0) is 32.7 Å². The minimum absolute atomic E-state index is 0.0971. The summed E-state index contributed by atoms with van der Waals surface area (Å²) >= 11 is 14.7. The van der Waals surface area contributed by atoms with Crippen LogP contribution in [0.2, 0.25) is 10.6 Å². The molecule has 0 saturated heterocycles. The van der Waals surface area contributed by atoms with Crippen molar-refractivity contribution in [3.05, 3.63) is 124 Å². The van der Waals surface area contributed by atoms with E-state index in [0.717, 1.165) is 20.3 Å². The number of hydrogen-bond donors (Lipinski definition) is 3. The zero-order valence-corrected chi connectivity index (χ0v) is 31.8. The van der Waals surface area contributed by atoms with Crippen LogP contribution in [0.15, 0.2) is 79.8 Å². The molecule has 6 rings (SSSR count). The maximum atomic E-state index is 12.9. The van der Waals surface area contributed by atoms with Crippen LogP contribution in [0, 0.1) is 0 Å². The molecule has 4 aromatic heterocycles. The number of aliphatic hydroxyl groups excluding tert-OH is 2. The van der Waals surface area contributed by atoms with Crippen molar-refractivity contribution < 1.29 is 10.2 Å². The van der Waals surface area contributed by atoms with Gasteiger partial charge in [0.1, 0.15) is 0 Å². The second-order valence-electron chi connectivity index (χ2n) is 11.1. The fourth-order valence-electron chi connectivity index (χ4n) is 5.35. The average Bonchev–Trinajstić information content (AvgIpc) is 3.61. The minimum Gasteiger partial charge on any atom is -0.396 e. The summed E-state index contributed by atoms with van der Waals surface area (Å²) in [6.45, 7) is 5.13. The first kappa shape index (κ1) is 39.8. The number of H-pyrrole nitrogens is 1. The van der Waals surface area contributed by atoms with Gasteiger partial charge in [-0.1, -0.05) is 90.2 Å². The average molecular weight is 854 g/mol. The number of aromatic nitrogens is 8. The molecule has 0 atom stereocenters. The maximum Gasteiger partial charge on any atom is 0.332 e. The van der Waals surface area contributed by atoms with Crippen molar-refractivity contribution in [3.63, 3.8) is 0 Å². The van der Waals surface area contributed by atoms with Crippen molar-refractivity contribution in [1.82, 2.24) is 37.8 Å². The van der Waals surface area contributed by atoms with E-state index in [0.29, 0.717) is 43.6 Å². The second-order valence-corrected chi connectivity index (χ2v) is 13.3. The number of hydrogen-bond acceptors (Lipinski definition) is 8. The molecule has 0 amide bonds. The number of fused-ring (bicyclic) bond motifs is 2. The lowest BCUT2D eigenvalue weighted by Gasteiger charge is -2.11. The first-order valence-electron chi connectivity index (χ1n) is 16.2. The molecular weight excluding hydrogens is 814 g/mol. The lowest BCUT2D eigenvalue weighted by Crippen LogP contribution is -2.40. The Kier molecular flexibility index (Phi) is 14.8. The summed E-state index contributed by atoms with van der Waals surface area (Å²) in [5.41, 5.74) is 1.04. The first-order valence-corrected chi connectivity index (χ1v) is 18.5. The van der Waals surface area contributed by atoms with Gasteiger partial charge in [-0.2, -0.15) is 9.97 Å². The molecule has 0 aliphatic rings. The fraction of sp³-hybridized carbons (Fsp3) is 0.353. The number of aryl methyl sites for hydroxylation is 1. The quantitative estimate of drug-likeness (QED) is 0.100. The molecule has 0 radical (unpaired) electrons. The van der Waals surface area contributed by atoms with Crippen LogP contribution in [0.1, 0.15) is 37.8 Å². The van der Waals surface area contributed by atoms with Gasteiger partial charge >= 0.3 is 11.4 Å². The highest BCUT2D eigenvalue weighted by Gasteiger charge is 2.21. The van der Waals surface area contributed by atoms with Gasteiger partial charge in [-0.05, 0) is 58.5 Å². The molecule has 0 unspecified atom stereocenters. The third kappa shape index (κ3) is 9.26. The van der Waals surface area contributed by atoms with Crippen LogP contribution < -0.4 is 22.5 Å². The number of nitrogens with zero attached hydrogens (tertiary/aromatic N) is 7. The van der Waals surface area contributed by atoms with Crippen molar-refractivity contribution in [2.45, 2.75) is 59.4 Å². The number of imidazole rings is 2. The molecule has 17 heteroatoms. The molecule has 14 nitrogen and oxygen atoms in total. The van der Waals surface area contributed by atoms with Crippen molar-refractivity contribution >= 4 is 68.1 Å². The molecule has 272 valence electrons. The largest absolute Gasteiger partial charge is 0.396 e. The molecule has 0 aliphatic heterocycles. The first-order chi connectivity index (χ1) is 24.6. The van der Waals surface area contributed by atoms with E-state index < -0.39 is 22.5 Å². The smallest absolute Gasteiger partial charge is 0.332 e. The Morgan fingerprint density at radius 2 is 1.16 bits per heavy atom. The predicted molar refractivity (Wildman–Crippen MR) is 208 cm³/mol. The summed E-state index contributed by atoms with van der Waals surface area (Å²) in [6.07, 6.45) is 0.639. The number of aliphatic hydroxyl groups is 2. The Hall–Kier alpha value is -4.03. The molecule has 0 saturated carbocycles. The Balaban J connectivity index is 0.000000213. The maximum absolute atomic E-state index is 12.9. The summed E-state index contributed by atoms with van der Waals surface area (Å²) in [4.78, 5) is 60.9. The number of rotatable bonds is 11. The topological polar surface area (TPSA) is 175 Å². The van der Waals surface area contributed by atoms with E-state index in [1.54, 1.807) is 9.13 Å². The van der Waals surface area contributed by atoms with Crippen molar-refractivity contribution in [1.29, 1.82) is 0 Å². The molecule has 6 aromatic rings. The Morgan fingerprint density at radius 1 is 0.686 bits per heavy atom. The van der Waals surface area contributed by atoms with E-state index in [-0.39, 0.29) is 48.0 Å². The second kappa shape index (κ2) is 19.0. The van der Waals surface area contributed by atoms with Gasteiger partial charge in [-0.15, -0.1) is 0 Å². The van der Waals surface area contributed by atoms with Gasteiger partial charge in [-0.3, -0.25) is 28.3 Å². The zero-order chi connectivity index (χ0) is 37.1. The van der Waals surface area contributed by atoms with Crippen molar-refractivity contribution in [2.75, 3.05) is 17.6 Å². The van der Waals surface area contributed by atoms with E-state index >= 15 is 0 Å². The number of benzene rings is 2. The molecule has 0 fully saturated rings. The molecule has 2 aromatic carbocycles. The number of alkyl halides is 1. The van der Waals surface area contributed by atoms with Gasteiger partial charge in [0, 0.05) is 32.8 Å². The SMILES string of the molecule is CCI.CCn1c(=O)n(CCCO)c(=O)c2c1nc(Cl)n2Cc1ccccc1.O=c1[nH]c2nc(Cl)n(Cc3ccccc3)c2c(=O)n1CCCO. The summed E-state index contributed by atoms with van der Waals surface area (Å²) in [6, 6.07) is 19.1. The normalized spacial score (nSPS) is 11.0. The fourth-order valence-corrected chi connectivity index (χ4v) is 5.80. The van der Waals surface area contributed by atoms with Crippen LogP contribution in [-0.4, -0.2) is 65.6 Å². The highest BCUT2D eigenvalue weighted by atomic mass is 127. The molecule has 3 N–H and O–H groups in total. The molecular formula is C34H39Cl2IN8O6. The third-order valence-electron chi connectivity index (χ3n) is 7.67. The molecule has 0 bridgehead atoms. The number of nitrogens with one attached hydrogen (secondary N) is 1. The summed E-state index contributed by atoms with van der Waals surface area (Å²) < 4.78 is 8.04. The van der Waals surface area contributed by atoms with Crippen LogP contribution in [0.4, 0.5) is 0 Å². The van der Waals surface area contributed by atoms with E-state index in [2.05, 4.69) is 44.5 Å². The summed E-state index contributed by atoms with van der Waals surface area (Å²) in [5.74, 6) is 0. The van der Waals surface area contributed by atoms with Gasteiger partial charge < -0.3 is 19.3 Å². The van der Waals surface area contributed by atoms with Gasteiger partial charge in [-0.25, -0.2) is 9.59 Å². The van der Waals surface area contributed by atoms with Crippen LogP contribution in [0.5, 0.6) is 0 Å². The Labute approximate surface area is 315 Å². The summed E-state index contributed by atoms with van der Waals surface area (Å²) in [5, 5.41) is 18.2. The predicted octanol–water partition coefficient (Wildman–Crippen LogP) is 3.88. The zero-order valence-electron chi connectivity index (χ0n) is 28.1. The van der Waals surface area contributed by atoms with Crippen LogP contribution in [0.25, 0.3) is 22.3 Å². The van der Waals surface area contributed by atoms with Crippen molar-refractivity contribution in [2.24, 2.45) is 0 Å². The molecule has 51 heavy (non-hydrogen) atoms. The highest BCUT2D eigenvalue weighted by molar-refractivity contribution is 14.1. The van der Waals surface area contributed by atoms with Gasteiger partial charge in [0.25, 0.3) is 11.1 Å². The minimum atomic E-state index is -0.558. The standard InChI is InChI=1S/C17H19ClN4O3.C15H15ClN4O3.C2H5I/c1-2-20-14-13(15(24)21(17(20)25)9-6-10-23)22(16(18)19-14)11-12-7-4-3-5-8-12;16-14-17-12-11(20(14)9-10-5-2-1-3-6-10)13(22)19(7-4-8-21)15(23)18-12;1-2-3/h3-5,7-8,23H,2,6,9-11H2,1H3;1-3,5-6,21H,4,7-9H2,(H,18,23);2H2,1H3.